The number of carbonyl (C=O) groups excluding carboxylic acids is 1. The van der Waals surface area contributed by atoms with Crippen molar-refractivity contribution >= 4 is 16.2 Å². The lowest BCUT2D eigenvalue weighted by Gasteiger charge is -2.73. The first kappa shape index (κ1) is 13.7. The monoisotopic (exact) mass is 315 g/mol. The molecular formula is C12H21N5O3S. The Balaban J connectivity index is 1.39. The molecule has 0 aromatic carbocycles. The zero-order valence-corrected chi connectivity index (χ0v) is 12.7. The highest BCUT2D eigenvalue weighted by molar-refractivity contribution is 7.87. The molecule has 2 aliphatic heterocycles. The molecule has 118 valence electrons. The van der Waals surface area contributed by atoms with Gasteiger partial charge in [-0.3, -0.25) is 0 Å². The molecule has 21 heavy (non-hydrogen) atoms. The fraction of sp³-hybridized carbons (Fsp3) is 0.917. The van der Waals surface area contributed by atoms with Gasteiger partial charge in [0, 0.05) is 38.3 Å². The summed E-state index contributed by atoms with van der Waals surface area (Å²) in [6, 6.07) is 0.452. The van der Waals surface area contributed by atoms with Gasteiger partial charge in [-0.25, -0.2) is 14.7 Å². The Morgan fingerprint density at radius 1 is 1.38 bits per heavy atom. The van der Waals surface area contributed by atoms with Crippen molar-refractivity contribution in [2.45, 2.75) is 30.8 Å². The lowest BCUT2D eigenvalue weighted by Crippen LogP contribution is -2.77. The third-order valence-corrected chi connectivity index (χ3v) is 6.10. The van der Waals surface area contributed by atoms with Crippen molar-refractivity contribution in [1.82, 2.24) is 19.8 Å². The lowest BCUT2D eigenvalue weighted by atomic mass is 9.39. The third kappa shape index (κ3) is 1.98. The van der Waals surface area contributed by atoms with Gasteiger partial charge < -0.3 is 15.1 Å². The van der Waals surface area contributed by atoms with E-state index in [-0.39, 0.29) is 17.0 Å². The summed E-state index contributed by atoms with van der Waals surface area (Å²) in [5.74, 6) is 0. The summed E-state index contributed by atoms with van der Waals surface area (Å²) < 4.78 is 24.4. The molecule has 5 aliphatic rings. The number of fused-ring (bicyclic) bond motifs is 1. The number of piperazine rings is 1. The van der Waals surface area contributed by atoms with Crippen LogP contribution in [0.3, 0.4) is 0 Å². The molecule has 0 radical (unpaired) electrons. The van der Waals surface area contributed by atoms with Gasteiger partial charge in [0.25, 0.3) is 10.2 Å². The van der Waals surface area contributed by atoms with Gasteiger partial charge >= 0.3 is 6.03 Å². The number of nitrogens with zero attached hydrogens (tertiary/aromatic N) is 2. The van der Waals surface area contributed by atoms with Gasteiger partial charge in [0.05, 0.1) is 6.04 Å². The summed E-state index contributed by atoms with van der Waals surface area (Å²) >= 11 is 0. The van der Waals surface area contributed by atoms with Crippen LogP contribution < -0.4 is 15.2 Å². The van der Waals surface area contributed by atoms with Crippen molar-refractivity contribution in [1.29, 1.82) is 0 Å². The molecule has 2 heterocycles. The zero-order valence-electron chi connectivity index (χ0n) is 11.8. The number of nitrogens with two attached hydrogens (primary N) is 1. The molecule has 0 aromatic heterocycles. The number of urea groups is 1. The van der Waals surface area contributed by atoms with E-state index < -0.39 is 10.2 Å². The average molecular weight is 315 g/mol. The smallest absolute Gasteiger partial charge is 0.317 e. The van der Waals surface area contributed by atoms with Crippen LogP contribution in [0.4, 0.5) is 4.79 Å². The van der Waals surface area contributed by atoms with E-state index in [2.05, 4.69) is 10.0 Å². The molecule has 3 saturated carbocycles. The van der Waals surface area contributed by atoms with Crippen molar-refractivity contribution in [3.63, 3.8) is 0 Å². The van der Waals surface area contributed by atoms with E-state index in [9.17, 15) is 13.2 Å². The van der Waals surface area contributed by atoms with Crippen molar-refractivity contribution in [2.75, 3.05) is 32.7 Å². The van der Waals surface area contributed by atoms with Crippen LogP contribution in [-0.4, -0.2) is 68.6 Å². The van der Waals surface area contributed by atoms with Gasteiger partial charge in [-0.05, 0) is 24.7 Å². The maximum absolute atomic E-state index is 12.5. The Labute approximate surface area is 124 Å². The van der Waals surface area contributed by atoms with Gasteiger partial charge in [-0.2, -0.15) is 8.42 Å². The second-order valence-corrected chi connectivity index (χ2v) is 8.44. The predicted molar refractivity (Wildman–Crippen MR) is 75.6 cm³/mol. The molecular weight excluding hydrogens is 294 g/mol. The lowest BCUT2D eigenvalue weighted by molar-refractivity contribution is -0.194. The Morgan fingerprint density at radius 3 is 2.71 bits per heavy atom. The van der Waals surface area contributed by atoms with E-state index in [4.69, 9.17) is 5.14 Å². The van der Waals surface area contributed by atoms with E-state index in [1.54, 1.807) is 0 Å². The zero-order chi connectivity index (χ0) is 14.9. The van der Waals surface area contributed by atoms with Crippen LogP contribution in [0.5, 0.6) is 0 Å². The highest BCUT2D eigenvalue weighted by Gasteiger charge is 2.72. The van der Waals surface area contributed by atoms with Crippen LogP contribution in [0.15, 0.2) is 0 Å². The number of rotatable bonds is 4. The van der Waals surface area contributed by atoms with E-state index in [0.717, 1.165) is 45.4 Å². The molecule has 0 unspecified atom stereocenters. The number of carbonyl (C=O) groups is 1. The van der Waals surface area contributed by atoms with Crippen LogP contribution in [0.2, 0.25) is 0 Å². The molecule has 0 aromatic rings. The van der Waals surface area contributed by atoms with Crippen LogP contribution in [-0.2, 0) is 10.2 Å². The highest BCUT2D eigenvalue weighted by Crippen LogP contribution is 2.70. The van der Waals surface area contributed by atoms with Gasteiger partial charge in [0.2, 0.25) is 0 Å². The molecule has 8 nitrogen and oxygen atoms in total. The second kappa shape index (κ2) is 4.09. The summed E-state index contributed by atoms with van der Waals surface area (Å²) in [4.78, 5) is 16.5. The molecule has 2 amide bonds. The van der Waals surface area contributed by atoms with E-state index in [1.807, 2.05) is 9.80 Å². The first-order valence-electron chi connectivity index (χ1n) is 7.39. The van der Waals surface area contributed by atoms with Crippen molar-refractivity contribution in [2.24, 2.45) is 10.6 Å². The topological polar surface area (TPSA) is 108 Å². The van der Waals surface area contributed by atoms with Gasteiger partial charge in [-0.1, -0.05) is 0 Å². The highest BCUT2D eigenvalue weighted by atomic mass is 32.2. The van der Waals surface area contributed by atoms with Crippen LogP contribution >= 0.6 is 0 Å². The van der Waals surface area contributed by atoms with Crippen LogP contribution in [0.25, 0.3) is 0 Å². The molecule has 2 saturated heterocycles. The number of nitrogens with one attached hydrogen (secondary N) is 2. The predicted octanol–water partition coefficient (Wildman–Crippen LogP) is -1.59. The Bertz CT molecular complexity index is 572. The first-order valence-corrected chi connectivity index (χ1v) is 8.94. The maximum Gasteiger partial charge on any atom is 0.320 e. The Hall–Kier alpha value is -0.900. The van der Waals surface area contributed by atoms with E-state index in [0.29, 0.717) is 12.6 Å². The van der Waals surface area contributed by atoms with Gasteiger partial charge in [0.1, 0.15) is 0 Å². The van der Waals surface area contributed by atoms with Gasteiger partial charge in [0.15, 0.2) is 0 Å². The second-order valence-electron chi connectivity index (χ2n) is 7.07. The summed E-state index contributed by atoms with van der Waals surface area (Å²) in [6.07, 6.45) is 2.67. The van der Waals surface area contributed by atoms with Gasteiger partial charge in [-0.15, -0.1) is 0 Å². The molecule has 0 spiro atoms. The van der Waals surface area contributed by atoms with Crippen molar-refractivity contribution < 1.29 is 13.2 Å². The van der Waals surface area contributed by atoms with Crippen molar-refractivity contribution in [3.8, 4) is 0 Å². The average Bonchev–Trinajstić information content (AvgIpc) is 2.63. The molecule has 2 bridgehead atoms. The minimum Gasteiger partial charge on any atom is -0.317 e. The summed E-state index contributed by atoms with van der Waals surface area (Å²) in [5.41, 5.74) is 0.00251. The molecule has 5 fully saturated rings. The molecule has 4 N–H and O–H groups in total. The van der Waals surface area contributed by atoms with Crippen LogP contribution in [0, 0.1) is 5.41 Å². The normalized spacial score (nSPS) is 41.6. The van der Waals surface area contributed by atoms with E-state index >= 15 is 0 Å². The Morgan fingerprint density at radius 2 is 2.10 bits per heavy atom. The summed E-state index contributed by atoms with van der Waals surface area (Å²) in [5, 5.41) is 8.31. The largest absolute Gasteiger partial charge is 0.320 e. The quantitative estimate of drug-likeness (QED) is 0.581. The fourth-order valence-electron chi connectivity index (χ4n) is 4.68. The van der Waals surface area contributed by atoms with E-state index in [1.165, 1.54) is 0 Å². The number of hydrogen-bond acceptors (Lipinski definition) is 4. The van der Waals surface area contributed by atoms with Crippen molar-refractivity contribution in [3.05, 3.63) is 0 Å². The summed E-state index contributed by atoms with van der Waals surface area (Å²) in [7, 11) is -3.62. The Kier molecular flexibility index (Phi) is 2.68. The van der Waals surface area contributed by atoms with Crippen LogP contribution in [0.1, 0.15) is 19.3 Å². The molecule has 3 aliphatic carbocycles. The number of hydrogen-bond donors (Lipinski definition) is 3. The fourth-order valence-corrected chi connectivity index (χ4v) is 5.19. The number of amides is 2. The molecule has 9 heteroatoms. The minimum atomic E-state index is -3.62. The summed E-state index contributed by atoms with van der Waals surface area (Å²) in [6.45, 7) is 3.71. The standard InChI is InChI=1S/C12H21N5O3S/c13-21(19,20)15-8-11-5-12(6-11,7-11)17-4-9-3-14-1-2-16(9)10(17)18/h9,14-15H,1-8H2,(H2,13,19,20)/t9-,11?,12?/m0/s1. The molecule has 1 atom stereocenters. The maximum atomic E-state index is 12.5. The molecule has 5 rings (SSSR count). The first-order chi connectivity index (χ1) is 9.83. The minimum absolute atomic E-state index is 0.0194. The SMILES string of the molecule is NS(=O)(=O)NCC12CC(N3C[C@@H]4CNCCN4C3=O)(C1)C2. The third-order valence-electron chi connectivity index (χ3n) is 5.55.